The summed E-state index contributed by atoms with van der Waals surface area (Å²) in [7, 11) is 1.84. The molecule has 0 aromatic carbocycles. The molecular formula is C19H36IN5OS. The minimum absolute atomic E-state index is 0. The van der Waals surface area contributed by atoms with E-state index in [0.29, 0.717) is 5.92 Å². The van der Waals surface area contributed by atoms with E-state index in [0.717, 1.165) is 56.0 Å². The van der Waals surface area contributed by atoms with Crippen LogP contribution in [0.4, 0.5) is 0 Å². The zero-order chi connectivity index (χ0) is 19.2. The van der Waals surface area contributed by atoms with Gasteiger partial charge < -0.3 is 15.1 Å². The van der Waals surface area contributed by atoms with E-state index in [1.807, 2.05) is 32.7 Å². The summed E-state index contributed by atoms with van der Waals surface area (Å²) >= 11 is 1.87. The van der Waals surface area contributed by atoms with Crippen molar-refractivity contribution < 1.29 is 4.42 Å². The van der Waals surface area contributed by atoms with Gasteiger partial charge in [0.25, 0.3) is 0 Å². The minimum atomic E-state index is 0. The Morgan fingerprint density at radius 2 is 1.96 bits per heavy atom. The first kappa shape index (κ1) is 24.6. The molecule has 0 bridgehead atoms. The number of nitrogens with one attached hydrogen (secondary N) is 2. The first-order valence-corrected chi connectivity index (χ1v) is 10.7. The Morgan fingerprint density at radius 3 is 2.48 bits per heavy atom. The molecule has 8 heteroatoms. The molecule has 1 aliphatic heterocycles. The van der Waals surface area contributed by atoms with Crippen LogP contribution >= 0.6 is 35.7 Å². The fourth-order valence-electron chi connectivity index (χ4n) is 2.98. The van der Waals surface area contributed by atoms with Crippen molar-refractivity contribution in [3.63, 3.8) is 0 Å². The predicted molar refractivity (Wildman–Crippen MR) is 126 cm³/mol. The summed E-state index contributed by atoms with van der Waals surface area (Å²) in [5.74, 6) is 3.37. The van der Waals surface area contributed by atoms with Crippen molar-refractivity contribution in [2.24, 2.45) is 10.9 Å². The van der Waals surface area contributed by atoms with Gasteiger partial charge in [0.2, 0.25) is 5.89 Å². The van der Waals surface area contributed by atoms with Crippen LogP contribution in [0.3, 0.4) is 0 Å². The summed E-state index contributed by atoms with van der Waals surface area (Å²) in [6.45, 7) is 13.4. The van der Waals surface area contributed by atoms with Gasteiger partial charge >= 0.3 is 0 Å². The van der Waals surface area contributed by atoms with Gasteiger partial charge in [-0.25, -0.2) is 4.98 Å². The molecule has 0 saturated carbocycles. The van der Waals surface area contributed by atoms with Crippen LogP contribution in [0.2, 0.25) is 0 Å². The Morgan fingerprint density at radius 1 is 1.30 bits per heavy atom. The van der Waals surface area contributed by atoms with E-state index in [1.54, 1.807) is 0 Å². The molecule has 2 heterocycles. The van der Waals surface area contributed by atoms with E-state index in [4.69, 9.17) is 4.42 Å². The number of aromatic nitrogens is 1. The average molecular weight is 510 g/mol. The molecule has 2 N–H and O–H groups in total. The van der Waals surface area contributed by atoms with Crippen LogP contribution in [0.1, 0.15) is 44.0 Å². The van der Waals surface area contributed by atoms with Gasteiger partial charge in [0.1, 0.15) is 5.76 Å². The van der Waals surface area contributed by atoms with Gasteiger partial charge in [-0.1, -0.05) is 0 Å². The lowest BCUT2D eigenvalue weighted by atomic mass is 9.97. The predicted octanol–water partition coefficient (Wildman–Crippen LogP) is 3.43. The van der Waals surface area contributed by atoms with Gasteiger partial charge in [-0.2, -0.15) is 11.8 Å². The van der Waals surface area contributed by atoms with Gasteiger partial charge in [-0.15, -0.1) is 24.0 Å². The maximum absolute atomic E-state index is 5.71. The van der Waals surface area contributed by atoms with Gasteiger partial charge in [-0.3, -0.25) is 9.89 Å². The Hall–Kier alpha value is -0.480. The lowest BCUT2D eigenvalue weighted by molar-refractivity contribution is 0.164. The first-order valence-electron chi connectivity index (χ1n) is 9.48. The van der Waals surface area contributed by atoms with E-state index in [9.17, 15) is 0 Å². The molecule has 0 atom stereocenters. The number of aliphatic imine (C=N–C) groups is 1. The summed E-state index contributed by atoms with van der Waals surface area (Å²) in [5, 5.41) is 6.93. The number of oxazole rings is 1. The molecule has 1 fully saturated rings. The molecule has 0 unspecified atom stereocenters. The summed E-state index contributed by atoms with van der Waals surface area (Å²) < 4.78 is 5.92. The molecule has 1 aliphatic rings. The lowest BCUT2D eigenvalue weighted by Gasteiger charge is -2.31. The normalized spacial score (nSPS) is 16.9. The number of thioether (sulfide) groups is 1. The molecule has 0 radical (unpaired) electrons. The maximum atomic E-state index is 5.71. The Labute approximate surface area is 185 Å². The molecule has 1 saturated heterocycles. The molecule has 6 nitrogen and oxygen atoms in total. The molecule has 2 rings (SSSR count). The molecule has 27 heavy (non-hydrogen) atoms. The quantitative estimate of drug-likeness (QED) is 0.334. The molecule has 0 aliphatic carbocycles. The first-order chi connectivity index (χ1) is 12.3. The van der Waals surface area contributed by atoms with E-state index in [1.165, 1.54) is 12.8 Å². The number of likely N-dealkylation sites (tertiary alicyclic amines) is 1. The van der Waals surface area contributed by atoms with Crippen LogP contribution in [0.15, 0.2) is 9.41 Å². The Balaban J connectivity index is 0.00000364. The van der Waals surface area contributed by atoms with E-state index >= 15 is 0 Å². The van der Waals surface area contributed by atoms with Crippen molar-refractivity contribution in [1.29, 1.82) is 0 Å². The van der Waals surface area contributed by atoms with E-state index < -0.39 is 0 Å². The zero-order valence-corrected chi connectivity index (χ0v) is 20.7. The standard InChI is InChI=1S/C19H35N5OS.HI/c1-14-15(2)25-17(23-14)12-24-9-7-16(8-10-24)11-21-18(20-5)22-13-19(3,4)26-6;/h16H,7-13H2,1-6H3,(H2,20,21,22);1H. The van der Waals surface area contributed by atoms with Crippen molar-refractivity contribution >= 4 is 41.7 Å². The summed E-state index contributed by atoms with van der Waals surface area (Å²) in [6.07, 6.45) is 4.53. The summed E-state index contributed by atoms with van der Waals surface area (Å²) in [5.41, 5.74) is 1.00. The number of nitrogens with zero attached hydrogens (tertiary/aromatic N) is 3. The second kappa shape index (κ2) is 11.5. The third-order valence-corrected chi connectivity index (χ3v) is 6.40. The monoisotopic (exact) mass is 509 g/mol. The molecular weight excluding hydrogens is 473 g/mol. The third kappa shape index (κ3) is 8.19. The molecule has 1 aromatic rings. The number of aryl methyl sites for hydroxylation is 2. The zero-order valence-electron chi connectivity index (χ0n) is 17.6. The molecule has 1 aromatic heterocycles. The fourth-order valence-corrected chi connectivity index (χ4v) is 3.19. The molecule has 156 valence electrons. The number of piperidine rings is 1. The topological polar surface area (TPSA) is 65.7 Å². The number of rotatable bonds is 7. The number of halogens is 1. The van der Waals surface area contributed by atoms with Gasteiger partial charge in [0.05, 0.1) is 12.2 Å². The van der Waals surface area contributed by atoms with Gasteiger partial charge in [-0.05, 0) is 65.8 Å². The Bertz CT molecular complexity index is 577. The van der Waals surface area contributed by atoms with Crippen LogP contribution in [0.5, 0.6) is 0 Å². The largest absolute Gasteiger partial charge is 0.444 e. The average Bonchev–Trinajstić information content (AvgIpc) is 2.94. The van der Waals surface area contributed by atoms with Gasteiger partial charge in [0, 0.05) is 24.9 Å². The molecule has 0 amide bonds. The highest BCUT2D eigenvalue weighted by atomic mass is 127. The van der Waals surface area contributed by atoms with Crippen molar-refractivity contribution in [2.45, 2.75) is 51.8 Å². The van der Waals surface area contributed by atoms with Crippen molar-refractivity contribution in [3.8, 4) is 0 Å². The van der Waals surface area contributed by atoms with E-state index in [2.05, 4.69) is 45.6 Å². The van der Waals surface area contributed by atoms with E-state index in [-0.39, 0.29) is 28.7 Å². The summed E-state index contributed by atoms with van der Waals surface area (Å²) in [6, 6.07) is 0. The fraction of sp³-hybridized carbons (Fsp3) is 0.789. The van der Waals surface area contributed by atoms with Gasteiger partial charge in [0.15, 0.2) is 5.96 Å². The summed E-state index contributed by atoms with van der Waals surface area (Å²) in [4.78, 5) is 11.3. The van der Waals surface area contributed by atoms with Crippen LogP contribution in [-0.2, 0) is 6.54 Å². The van der Waals surface area contributed by atoms with Crippen LogP contribution < -0.4 is 10.6 Å². The lowest BCUT2D eigenvalue weighted by Crippen LogP contribution is -2.46. The number of hydrogen-bond donors (Lipinski definition) is 2. The van der Waals surface area contributed by atoms with Crippen molar-refractivity contribution in [1.82, 2.24) is 20.5 Å². The number of hydrogen-bond acceptors (Lipinski definition) is 5. The highest BCUT2D eigenvalue weighted by molar-refractivity contribution is 14.0. The Kier molecular flexibility index (Phi) is 10.5. The SMILES string of the molecule is CN=C(NCC1CCN(Cc2nc(C)c(C)o2)CC1)NCC(C)(C)SC.I. The minimum Gasteiger partial charge on any atom is -0.444 e. The maximum Gasteiger partial charge on any atom is 0.208 e. The highest BCUT2D eigenvalue weighted by Crippen LogP contribution is 2.20. The van der Waals surface area contributed by atoms with Crippen LogP contribution in [-0.4, -0.2) is 60.1 Å². The van der Waals surface area contributed by atoms with Crippen molar-refractivity contribution in [3.05, 3.63) is 17.3 Å². The second-order valence-corrected chi connectivity index (χ2v) is 9.25. The van der Waals surface area contributed by atoms with Crippen molar-refractivity contribution in [2.75, 3.05) is 39.5 Å². The highest BCUT2D eigenvalue weighted by Gasteiger charge is 2.21. The third-order valence-electron chi connectivity index (χ3n) is 5.15. The smallest absolute Gasteiger partial charge is 0.208 e. The number of guanidine groups is 1. The van der Waals surface area contributed by atoms with Crippen LogP contribution in [0.25, 0.3) is 0 Å². The second-order valence-electron chi connectivity index (χ2n) is 7.74. The van der Waals surface area contributed by atoms with Crippen LogP contribution in [0, 0.1) is 19.8 Å². The molecule has 0 spiro atoms.